The van der Waals surface area contributed by atoms with Crippen molar-refractivity contribution in [3.8, 4) is 6.07 Å². The van der Waals surface area contributed by atoms with Gasteiger partial charge in [-0.25, -0.2) is 22.2 Å². The first-order chi connectivity index (χ1) is 14.7. The molecule has 31 heavy (non-hydrogen) atoms. The Labute approximate surface area is 177 Å². The molecule has 0 spiro atoms. The van der Waals surface area contributed by atoms with E-state index in [0.717, 1.165) is 27.2 Å². The van der Waals surface area contributed by atoms with Crippen LogP contribution in [0.5, 0.6) is 0 Å². The van der Waals surface area contributed by atoms with Crippen molar-refractivity contribution in [2.75, 3.05) is 26.2 Å². The van der Waals surface area contributed by atoms with Gasteiger partial charge in [-0.05, 0) is 25.1 Å². The van der Waals surface area contributed by atoms with E-state index in [0.29, 0.717) is 4.57 Å². The molecule has 12 heteroatoms. The first-order valence-corrected chi connectivity index (χ1v) is 10.9. The lowest BCUT2D eigenvalue weighted by Crippen LogP contribution is -2.52. The van der Waals surface area contributed by atoms with E-state index < -0.39 is 39.5 Å². The average Bonchev–Trinajstić information content (AvgIpc) is 2.77. The van der Waals surface area contributed by atoms with E-state index in [-0.39, 0.29) is 43.2 Å². The Morgan fingerprint density at radius 2 is 1.87 bits per heavy atom. The molecule has 2 heterocycles. The van der Waals surface area contributed by atoms with Crippen LogP contribution in [0, 0.1) is 17.1 Å². The Hall–Kier alpha value is -3.30. The van der Waals surface area contributed by atoms with Crippen molar-refractivity contribution in [1.29, 1.82) is 5.26 Å². The molecule has 1 aromatic heterocycles. The lowest BCUT2D eigenvalue weighted by Gasteiger charge is -2.34. The van der Waals surface area contributed by atoms with Gasteiger partial charge in [0.1, 0.15) is 24.0 Å². The highest BCUT2D eigenvalue weighted by atomic mass is 32.2. The van der Waals surface area contributed by atoms with Crippen LogP contribution < -0.4 is 11.2 Å². The van der Waals surface area contributed by atoms with Gasteiger partial charge in [-0.1, -0.05) is 6.07 Å². The number of piperazine rings is 1. The third-order valence-electron chi connectivity index (χ3n) is 5.02. The lowest BCUT2D eigenvalue weighted by molar-refractivity contribution is -0.133. The summed E-state index contributed by atoms with van der Waals surface area (Å²) in [4.78, 5) is 38.5. The molecule has 1 aromatic carbocycles. The van der Waals surface area contributed by atoms with Gasteiger partial charge in [-0.2, -0.15) is 9.57 Å². The zero-order valence-electron chi connectivity index (χ0n) is 16.7. The number of rotatable bonds is 5. The van der Waals surface area contributed by atoms with Gasteiger partial charge in [0.15, 0.2) is 0 Å². The van der Waals surface area contributed by atoms with Gasteiger partial charge in [-0.15, -0.1) is 0 Å². The van der Waals surface area contributed by atoms with Crippen molar-refractivity contribution in [3.05, 3.63) is 62.7 Å². The molecule has 1 aliphatic heterocycles. The maximum atomic E-state index is 13.4. The van der Waals surface area contributed by atoms with Crippen LogP contribution in [0.1, 0.15) is 12.5 Å². The van der Waals surface area contributed by atoms with Crippen LogP contribution in [0.2, 0.25) is 0 Å². The Bertz CT molecular complexity index is 1270. The molecular weight excluding hydrogens is 429 g/mol. The van der Waals surface area contributed by atoms with Gasteiger partial charge in [0.05, 0.1) is 4.90 Å². The first kappa shape index (κ1) is 22.4. The van der Waals surface area contributed by atoms with Crippen LogP contribution in [0.25, 0.3) is 0 Å². The van der Waals surface area contributed by atoms with Crippen molar-refractivity contribution < 1.29 is 17.6 Å². The molecule has 3 rings (SSSR count). The van der Waals surface area contributed by atoms with Crippen molar-refractivity contribution in [2.24, 2.45) is 0 Å². The molecule has 1 saturated heterocycles. The summed E-state index contributed by atoms with van der Waals surface area (Å²) in [5, 5.41) is 9.09. The second-order valence-electron chi connectivity index (χ2n) is 6.86. The van der Waals surface area contributed by atoms with E-state index in [1.807, 2.05) is 0 Å². The van der Waals surface area contributed by atoms with Crippen LogP contribution in [-0.4, -0.2) is 58.8 Å². The standard InChI is InChI=1S/C19H20FN5O5S/c1-2-22-12-14(11-21)18(27)25(19(22)28)13-17(26)23-6-8-24(9-7-23)31(29,30)16-5-3-4-15(20)10-16/h3-5,10,12H,2,6-9,13H2,1H3. The molecule has 1 fully saturated rings. The van der Waals surface area contributed by atoms with Gasteiger partial charge >= 0.3 is 5.69 Å². The molecule has 164 valence electrons. The van der Waals surface area contributed by atoms with E-state index in [1.165, 1.54) is 17.0 Å². The highest BCUT2D eigenvalue weighted by Crippen LogP contribution is 2.18. The zero-order valence-corrected chi connectivity index (χ0v) is 17.5. The maximum Gasteiger partial charge on any atom is 0.331 e. The Morgan fingerprint density at radius 3 is 2.45 bits per heavy atom. The smallest absolute Gasteiger partial charge is 0.331 e. The molecule has 1 aliphatic rings. The lowest BCUT2D eigenvalue weighted by atomic mass is 10.3. The number of aromatic nitrogens is 2. The molecule has 2 aromatic rings. The largest absolute Gasteiger partial charge is 0.338 e. The van der Waals surface area contributed by atoms with Crippen LogP contribution in [0.4, 0.5) is 4.39 Å². The number of nitriles is 1. The fourth-order valence-electron chi connectivity index (χ4n) is 3.29. The predicted molar refractivity (Wildman–Crippen MR) is 107 cm³/mol. The van der Waals surface area contributed by atoms with Crippen molar-refractivity contribution in [3.63, 3.8) is 0 Å². The Kier molecular flexibility index (Phi) is 6.37. The summed E-state index contributed by atoms with van der Waals surface area (Å²) in [7, 11) is -3.91. The molecule has 0 N–H and O–H groups in total. The number of aryl methyl sites for hydroxylation is 1. The minimum atomic E-state index is -3.91. The number of benzene rings is 1. The van der Waals surface area contributed by atoms with Crippen molar-refractivity contribution in [1.82, 2.24) is 18.3 Å². The van der Waals surface area contributed by atoms with Gasteiger partial charge in [0, 0.05) is 38.9 Å². The van der Waals surface area contributed by atoms with Crippen LogP contribution >= 0.6 is 0 Å². The Morgan fingerprint density at radius 1 is 1.19 bits per heavy atom. The summed E-state index contributed by atoms with van der Waals surface area (Å²) in [5.41, 5.74) is -1.80. The first-order valence-electron chi connectivity index (χ1n) is 9.47. The number of hydrogen-bond acceptors (Lipinski definition) is 6. The molecule has 0 aliphatic carbocycles. The highest BCUT2D eigenvalue weighted by molar-refractivity contribution is 7.89. The van der Waals surface area contributed by atoms with E-state index >= 15 is 0 Å². The molecule has 0 radical (unpaired) electrons. The number of halogens is 1. The monoisotopic (exact) mass is 449 g/mol. The molecular formula is C19H20FN5O5S. The van der Waals surface area contributed by atoms with Gasteiger partial charge in [0.2, 0.25) is 15.9 Å². The average molecular weight is 449 g/mol. The zero-order chi connectivity index (χ0) is 22.8. The van der Waals surface area contributed by atoms with Crippen LogP contribution in [0.3, 0.4) is 0 Å². The number of amides is 1. The summed E-state index contributed by atoms with van der Waals surface area (Å²) in [6.45, 7) is 1.39. The van der Waals surface area contributed by atoms with Crippen molar-refractivity contribution in [2.45, 2.75) is 24.9 Å². The number of carbonyl (C=O) groups is 1. The topological polar surface area (TPSA) is 125 Å². The minimum Gasteiger partial charge on any atom is -0.338 e. The van der Waals surface area contributed by atoms with E-state index in [2.05, 4.69) is 0 Å². The Balaban J connectivity index is 1.74. The maximum absolute atomic E-state index is 13.4. The highest BCUT2D eigenvalue weighted by Gasteiger charge is 2.30. The number of nitrogens with zero attached hydrogens (tertiary/aromatic N) is 5. The summed E-state index contributed by atoms with van der Waals surface area (Å²) >= 11 is 0. The van der Waals surface area contributed by atoms with Gasteiger partial charge in [0.25, 0.3) is 5.56 Å². The summed E-state index contributed by atoms with van der Waals surface area (Å²) in [5.74, 6) is -1.21. The summed E-state index contributed by atoms with van der Waals surface area (Å²) in [6, 6.07) is 6.39. The molecule has 0 saturated carbocycles. The summed E-state index contributed by atoms with van der Waals surface area (Å²) in [6.07, 6.45) is 1.15. The normalized spacial score (nSPS) is 14.9. The second kappa shape index (κ2) is 8.83. The molecule has 0 atom stereocenters. The van der Waals surface area contributed by atoms with Gasteiger partial charge < -0.3 is 4.90 Å². The quantitative estimate of drug-likeness (QED) is 0.610. The van der Waals surface area contributed by atoms with Crippen LogP contribution in [-0.2, 0) is 27.9 Å². The molecule has 0 unspecified atom stereocenters. The molecule has 10 nitrogen and oxygen atoms in total. The van der Waals surface area contributed by atoms with Gasteiger partial charge in [-0.3, -0.25) is 14.2 Å². The van der Waals surface area contributed by atoms with E-state index in [1.54, 1.807) is 13.0 Å². The summed E-state index contributed by atoms with van der Waals surface area (Å²) < 4.78 is 41.8. The SMILES string of the molecule is CCn1cc(C#N)c(=O)n(CC(=O)N2CCN(S(=O)(=O)c3cccc(F)c3)CC2)c1=O. The predicted octanol–water partition coefficient (Wildman–Crippen LogP) is -0.426. The number of hydrogen-bond donors (Lipinski definition) is 0. The molecule has 0 bridgehead atoms. The second-order valence-corrected chi connectivity index (χ2v) is 8.79. The van der Waals surface area contributed by atoms with Crippen molar-refractivity contribution >= 4 is 15.9 Å². The number of carbonyl (C=O) groups excluding carboxylic acids is 1. The van der Waals surface area contributed by atoms with E-state index in [4.69, 9.17) is 5.26 Å². The fourth-order valence-corrected chi connectivity index (χ4v) is 4.74. The number of sulfonamides is 1. The van der Waals surface area contributed by atoms with E-state index in [9.17, 15) is 27.2 Å². The minimum absolute atomic E-state index is 0.0170. The molecule has 1 amide bonds. The third kappa shape index (κ3) is 4.42. The fraction of sp³-hybridized carbons (Fsp3) is 0.368. The van der Waals surface area contributed by atoms with Crippen LogP contribution in [0.15, 0.2) is 44.9 Å². The third-order valence-corrected chi connectivity index (χ3v) is 6.91.